The Morgan fingerprint density at radius 2 is 1.89 bits per heavy atom. The third kappa shape index (κ3) is 2.20. The maximum Gasteiger partial charge on any atom is 0.358 e. The molecule has 18 heavy (non-hydrogen) atoms. The van der Waals surface area contributed by atoms with Crippen LogP contribution in [0.2, 0.25) is 0 Å². The Labute approximate surface area is 105 Å². The first-order valence-corrected chi connectivity index (χ1v) is 5.45. The Kier molecular flexibility index (Phi) is 3.32. The average molecular weight is 246 g/mol. The van der Waals surface area contributed by atoms with E-state index >= 15 is 0 Å². The fourth-order valence-corrected chi connectivity index (χ4v) is 1.66. The van der Waals surface area contributed by atoms with Gasteiger partial charge in [-0.05, 0) is 37.3 Å². The lowest BCUT2D eigenvalue weighted by Gasteiger charge is -2.05. The maximum absolute atomic E-state index is 11.4. The zero-order chi connectivity index (χ0) is 13.1. The van der Waals surface area contributed by atoms with Gasteiger partial charge in [-0.1, -0.05) is 0 Å². The van der Waals surface area contributed by atoms with Gasteiger partial charge in [0.2, 0.25) is 0 Å². The summed E-state index contributed by atoms with van der Waals surface area (Å²) in [6, 6.07) is 9.12. The van der Waals surface area contributed by atoms with Crippen molar-refractivity contribution in [3.8, 4) is 11.4 Å². The van der Waals surface area contributed by atoms with E-state index in [1.54, 1.807) is 17.9 Å². The number of methoxy groups -OCH3 is 2. The minimum absolute atomic E-state index is 0.297. The van der Waals surface area contributed by atoms with E-state index in [4.69, 9.17) is 4.74 Å². The van der Waals surface area contributed by atoms with Crippen LogP contribution in [0.3, 0.4) is 0 Å². The number of nitrogens with zero attached hydrogens (tertiary/aromatic N) is 2. The number of esters is 1. The van der Waals surface area contributed by atoms with Crippen LogP contribution in [0.5, 0.6) is 5.75 Å². The van der Waals surface area contributed by atoms with E-state index in [2.05, 4.69) is 9.84 Å². The van der Waals surface area contributed by atoms with Crippen molar-refractivity contribution in [1.29, 1.82) is 0 Å². The van der Waals surface area contributed by atoms with Gasteiger partial charge >= 0.3 is 5.97 Å². The van der Waals surface area contributed by atoms with E-state index in [1.165, 1.54) is 7.11 Å². The van der Waals surface area contributed by atoms with Gasteiger partial charge in [-0.15, -0.1) is 0 Å². The van der Waals surface area contributed by atoms with Crippen molar-refractivity contribution in [2.75, 3.05) is 14.2 Å². The van der Waals surface area contributed by atoms with E-state index in [-0.39, 0.29) is 0 Å². The van der Waals surface area contributed by atoms with Crippen molar-refractivity contribution in [3.05, 3.63) is 41.7 Å². The second-order valence-corrected chi connectivity index (χ2v) is 3.77. The molecule has 94 valence electrons. The fourth-order valence-electron chi connectivity index (χ4n) is 1.66. The summed E-state index contributed by atoms with van der Waals surface area (Å²) in [7, 11) is 2.95. The van der Waals surface area contributed by atoms with Crippen LogP contribution in [0.25, 0.3) is 5.69 Å². The number of carbonyl (C=O) groups is 1. The standard InChI is InChI=1S/C13H14N2O3/c1-9-8-12(13(16)18-3)14-15(9)10-4-6-11(17-2)7-5-10/h4-8H,1-3H3. The summed E-state index contributed by atoms with van der Waals surface area (Å²) in [4.78, 5) is 11.4. The Hall–Kier alpha value is -2.30. The van der Waals surface area contributed by atoms with Crippen molar-refractivity contribution in [3.63, 3.8) is 0 Å². The average Bonchev–Trinajstić information content (AvgIpc) is 2.80. The first-order chi connectivity index (χ1) is 8.65. The van der Waals surface area contributed by atoms with Crippen LogP contribution >= 0.6 is 0 Å². The quantitative estimate of drug-likeness (QED) is 0.777. The van der Waals surface area contributed by atoms with E-state index in [9.17, 15) is 4.79 Å². The SMILES string of the molecule is COC(=O)c1cc(C)n(-c2ccc(OC)cc2)n1. The maximum atomic E-state index is 11.4. The molecular formula is C13H14N2O3. The second kappa shape index (κ2) is 4.91. The number of hydrogen-bond donors (Lipinski definition) is 0. The summed E-state index contributed by atoms with van der Waals surface area (Å²) in [5, 5.41) is 4.21. The first kappa shape index (κ1) is 12.2. The molecule has 0 amide bonds. The lowest BCUT2D eigenvalue weighted by molar-refractivity contribution is 0.0593. The molecule has 2 aromatic rings. The van der Waals surface area contributed by atoms with Crippen molar-refractivity contribution in [2.45, 2.75) is 6.92 Å². The highest BCUT2D eigenvalue weighted by Crippen LogP contribution is 2.16. The molecule has 0 aliphatic rings. The normalized spacial score (nSPS) is 10.2. The zero-order valence-corrected chi connectivity index (χ0v) is 10.5. The number of benzene rings is 1. The van der Waals surface area contributed by atoms with Gasteiger partial charge in [0.05, 0.1) is 19.9 Å². The van der Waals surface area contributed by atoms with Crippen molar-refractivity contribution < 1.29 is 14.3 Å². The summed E-state index contributed by atoms with van der Waals surface area (Å²) >= 11 is 0. The lowest BCUT2D eigenvalue weighted by atomic mass is 10.3. The molecule has 1 aromatic heterocycles. The largest absolute Gasteiger partial charge is 0.497 e. The van der Waals surface area contributed by atoms with E-state index in [0.29, 0.717) is 5.69 Å². The monoisotopic (exact) mass is 246 g/mol. The molecule has 0 aliphatic carbocycles. The summed E-state index contributed by atoms with van der Waals surface area (Å²) < 4.78 is 11.4. The van der Waals surface area contributed by atoms with E-state index < -0.39 is 5.97 Å². The van der Waals surface area contributed by atoms with Gasteiger partial charge in [0, 0.05) is 5.69 Å². The highest BCUT2D eigenvalue weighted by atomic mass is 16.5. The fraction of sp³-hybridized carbons (Fsp3) is 0.231. The van der Waals surface area contributed by atoms with Crippen molar-refractivity contribution in [2.24, 2.45) is 0 Å². The van der Waals surface area contributed by atoms with Gasteiger partial charge in [-0.3, -0.25) is 0 Å². The van der Waals surface area contributed by atoms with Crippen LogP contribution < -0.4 is 4.74 Å². The van der Waals surface area contributed by atoms with Gasteiger partial charge in [0.25, 0.3) is 0 Å². The van der Waals surface area contributed by atoms with Gasteiger partial charge in [0.15, 0.2) is 5.69 Å². The molecule has 1 aromatic carbocycles. The van der Waals surface area contributed by atoms with Gasteiger partial charge in [-0.2, -0.15) is 5.10 Å². The molecule has 0 saturated carbocycles. The number of ether oxygens (including phenoxy) is 2. The highest BCUT2D eigenvalue weighted by Gasteiger charge is 2.13. The van der Waals surface area contributed by atoms with E-state index in [1.807, 2.05) is 31.2 Å². The molecule has 0 unspecified atom stereocenters. The molecule has 1 heterocycles. The zero-order valence-electron chi connectivity index (χ0n) is 10.5. The third-order valence-electron chi connectivity index (χ3n) is 2.60. The van der Waals surface area contributed by atoms with Crippen molar-refractivity contribution in [1.82, 2.24) is 9.78 Å². The molecule has 5 heteroatoms. The molecule has 0 fully saturated rings. The molecule has 0 radical (unpaired) electrons. The minimum Gasteiger partial charge on any atom is -0.497 e. The first-order valence-electron chi connectivity index (χ1n) is 5.45. The number of aromatic nitrogens is 2. The number of rotatable bonds is 3. The number of aryl methyl sites for hydroxylation is 1. The summed E-state index contributed by atoms with van der Waals surface area (Å²) in [5.74, 6) is 0.335. The van der Waals surface area contributed by atoms with Gasteiger partial charge in [-0.25, -0.2) is 9.48 Å². The van der Waals surface area contributed by atoms with Crippen molar-refractivity contribution >= 4 is 5.97 Å². The molecular weight excluding hydrogens is 232 g/mol. The Morgan fingerprint density at radius 3 is 2.44 bits per heavy atom. The van der Waals surface area contributed by atoms with Crippen LogP contribution in [-0.4, -0.2) is 30.0 Å². The predicted octanol–water partition coefficient (Wildman–Crippen LogP) is 1.98. The Balaban J connectivity index is 2.37. The summed E-state index contributed by atoms with van der Waals surface area (Å²) in [6.07, 6.45) is 0. The Morgan fingerprint density at radius 1 is 1.22 bits per heavy atom. The minimum atomic E-state index is -0.439. The topological polar surface area (TPSA) is 53.4 Å². The molecule has 5 nitrogen and oxygen atoms in total. The highest BCUT2D eigenvalue weighted by molar-refractivity contribution is 5.87. The molecule has 0 atom stereocenters. The van der Waals surface area contributed by atoms with Crippen LogP contribution in [0, 0.1) is 6.92 Å². The predicted molar refractivity (Wildman–Crippen MR) is 66.2 cm³/mol. The molecule has 0 saturated heterocycles. The smallest absolute Gasteiger partial charge is 0.358 e. The van der Waals surface area contributed by atoms with Crippen LogP contribution in [-0.2, 0) is 4.74 Å². The summed E-state index contributed by atoms with van der Waals surface area (Å²) in [6.45, 7) is 1.88. The molecule has 0 spiro atoms. The van der Waals surface area contributed by atoms with Gasteiger partial charge in [0.1, 0.15) is 5.75 Å². The third-order valence-corrected chi connectivity index (χ3v) is 2.60. The molecule has 0 N–H and O–H groups in total. The molecule has 2 rings (SSSR count). The number of hydrogen-bond acceptors (Lipinski definition) is 4. The Bertz CT molecular complexity index is 558. The molecule has 0 bridgehead atoms. The van der Waals surface area contributed by atoms with Gasteiger partial charge < -0.3 is 9.47 Å². The summed E-state index contributed by atoms with van der Waals surface area (Å²) in [5.41, 5.74) is 2.02. The van der Waals surface area contributed by atoms with Crippen LogP contribution in [0.4, 0.5) is 0 Å². The van der Waals surface area contributed by atoms with Crippen LogP contribution in [0.1, 0.15) is 16.2 Å². The van der Waals surface area contributed by atoms with Crippen LogP contribution in [0.15, 0.2) is 30.3 Å². The van der Waals surface area contributed by atoms with E-state index in [0.717, 1.165) is 17.1 Å². The number of carbonyl (C=O) groups excluding carboxylic acids is 1. The second-order valence-electron chi connectivity index (χ2n) is 3.77. The molecule has 0 aliphatic heterocycles. The lowest BCUT2D eigenvalue weighted by Crippen LogP contribution is -2.04.